The highest BCUT2D eigenvalue weighted by Gasteiger charge is 2.18. The second-order valence-corrected chi connectivity index (χ2v) is 6.16. The molecular weight excluding hydrogens is 270 g/mol. The van der Waals surface area contributed by atoms with Gasteiger partial charge in [0.05, 0.1) is 18.8 Å². The van der Waals surface area contributed by atoms with Crippen molar-refractivity contribution in [1.82, 2.24) is 4.90 Å². The van der Waals surface area contributed by atoms with Crippen molar-refractivity contribution in [3.63, 3.8) is 0 Å². The average Bonchev–Trinajstić information content (AvgIpc) is 2.30. The summed E-state index contributed by atoms with van der Waals surface area (Å²) in [5.74, 6) is -1.44. The van der Waals surface area contributed by atoms with Crippen LogP contribution in [-0.2, 0) is 19.1 Å². The molecule has 1 atom stereocenters. The zero-order valence-electron chi connectivity index (χ0n) is 12.0. The van der Waals surface area contributed by atoms with Gasteiger partial charge in [-0.25, -0.2) is 0 Å². The molecule has 0 bridgehead atoms. The Hall–Kier alpha value is -0.660. The van der Waals surface area contributed by atoms with Crippen molar-refractivity contribution in [2.24, 2.45) is 5.92 Å². The summed E-state index contributed by atoms with van der Waals surface area (Å²) in [5.41, 5.74) is 0. The Bertz CT molecular complexity index is 351. The van der Waals surface area contributed by atoms with Crippen LogP contribution in [0.4, 0.5) is 0 Å². The van der Waals surface area contributed by atoms with E-state index < -0.39 is 22.0 Å². The highest BCUT2D eigenvalue weighted by molar-refractivity contribution is 7.85. The molecule has 6 nitrogen and oxygen atoms in total. The van der Waals surface area contributed by atoms with Crippen molar-refractivity contribution in [2.75, 3.05) is 32.5 Å². The molecule has 0 radical (unpaired) electrons. The highest BCUT2D eigenvalue weighted by Crippen LogP contribution is 2.13. The number of aliphatic carboxylic acids is 1. The Balaban J connectivity index is 4.03. The molecule has 0 fully saturated rings. The van der Waals surface area contributed by atoms with Gasteiger partial charge in [0.1, 0.15) is 0 Å². The zero-order valence-corrected chi connectivity index (χ0v) is 12.8. The van der Waals surface area contributed by atoms with E-state index in [-0.39, 0.29) is 13.0 Å². The van der Waals surface area contributed by atoms with Gasteiger partial charge in [0, 0.05) is 0 Å². The van der Waals surface area contributed by atoms with E-state index in [2.05, 4.69) is 22.9 Å². The fourth-order valence-corrected chi connectivity index (χ4v) is 2.23. The Morgan fingerprint density at radius 2 is 1.84 bits per heavy atom. The van der Waals surface area contributed by atoms with Gasteiger partial charge in [-0.3, -0.25) is 8.98 Å². The zero-order chi connectivity index (χ0) is 14.9. The SMILES string of the molecule is CCN(CC)CCC[C@H](CCOS(C)(=O)=O)C(=O)O. The first-order valence-corrected chi connectivity index (χ1v) is 8.41. The number of hydrogen-bond acceptors (Lipinski definition) is 5. The molecule has 0 heterocycles. The molecule has 0 aliphatic rings. The maximum atomic E-state index is 11.1. The Kier molecular flexibility index (Phi) is 8.95. The lowest BCUT2D eigenvalue weighted by Crippen LogP contribution is -2.25. The minimum Gasteiger partial charge on any atom is -0.481 e. The molecule has 0 aromatic heterocycles. The third-order valence-electron chi connectivity index (χ3n) is 3.03. The summed E-state index contributed by atoms with van der Waals surface area (Å²) in [6.45, 7) is 6.83. The van der Waals surface area contributed by atoms with Crippen LogP contribution in [0.3, 0.4) is 0 Å². The lowest BCUT2D eigenvalue weighted by atomic mass is 10.00. The molecule has 114 valence electrons. The van der Waals surface area contributed by atoms with Crippen molar-refractivity contribution < 1.29 is 22.5 Å². The molecule has 19 heavy (non-hydrogen) atoms. The van der Waals surface area contributed by atoms with Crippen LogP contribution in [0.15, 0.2) is 0 Å². The minimum atomic E-state index is -3.49. The molecule has 0 aliphatic carbocycles. The summed E-state index contributed by atoms with van der Waals surface area (Å²) >= 11 is 0. The van der Waals surface area contributed by atoms with Gasteiger partial charge in [-0.05, 0) is 38.9 Å². The lowest BCUT2D eigenvalue weighted by Gasteiger charge is -2.19. The Labute approximate surface area is 115 Å². The average molecular weight is 295 g/mol. The standard InChI is InChI=1S/C12H25NO5S/c1-4-13(5-2)9-6-7-11(12(14)15)8-10-18-19(3,16)17/h11H,4-10H2,1-3H3,(H,14,15)/t11-/m1/s1. The summed E-state index contributed by atoms with van der Waals surface area (Å²) < 4.78 is 26.2. The van der Waals surface area contributed by atoms with Crippen molar-refractivity contribution in [3.05, 3.63) is 0 Å². The van der Waals surface area contributed by atoms with Gasteiger partial charge < -0.3 is 10.0 Å². The van der Waals surface area contributed by atoms with Gasteiger partial charge in [-0.2, -0.15) is 8.42 Å². The van der Waals surface area contributed by atoms with E-state index in [1.807, 2.05) is 0 Å². The van der Waals surface area contributed by atoms with Crippen LogP contribution in [0.1, 0.15) is 33.1 Å². The Morgan fingerprint density at radius 1 is 1.26 bits per heavy atom. The van der Waals surface area contributed by atoms with Crippen molar-refractivity contribution in [3.8, 4) is 0 Å². The van der Waals surface area contributed by atoms with Crippen molar-refractivity contribution >= 4 is 16.1 Å². The van der Waals surface area contributed by atoms with Gasteiger partial charge >= 0.3 is 5.97 Å². The number of carbonyl (C=O) groups is 1. The van der Waals surface area contributed by atoms with E-state index in [0.29, 0.717) is 6.42 Å². The smallest absolute Gasteiger partial charge is 0.306 e. The first-order valence-electron chi connectivity index (χ1n) is 6.59. The van der Waals surface area contributed by atoms with Crippen LogP contribution < -0.4 is 0 Å². The molecule has 0 aliphatic heterocycles. The van der Waals surface area contributed by atoms with Gasteiger partial charge in [-0.1, -0.05) is 13.8 Å². The largest absolute Gasteiger partial charge is 0.481 e. The van der Waals surface area contributed by atoms with Crippen LogP contribution in [-0.4, -0.2) is 56.9 Å². The van der Waals surface area contributed by atoms with Gasteiger partial charge in [-0.15, -0.1) is 0 Å². The first-order chi connectivity index (χ1) is 8.80. The molecule has 0 aromatic rings. The van der Waals surface area contributed by atoms with Gasteiger partial charge in [0.2, 0.25) is 0 Å². The molecule has 1 N–H and O–H groups in total. The van der Waals surface area contributed by atoms with Crippen LogP contribution in [0, 0.1) is 5.92 Å². The number of rotatable bonds is 11. The topological polar surface area (TPSA) is 83.9 Å². The fourth-order valence-electron chi connectivity index (χ4n) is 1.83. The molecule has 0 spiro atoms. The highest BCUT2D eigenvalue weighted by atomic mass is 32.2. The molecule has 7 heteroatoms. The van der Waals surface area contributed by atoms with Crippen molar-refractivity contribution in [1.29, 1.82) is 0 Å². The van der Waals surface area contributed by atoms with Gasteiger partial charge in [0.15, 0.2) is 0 Å². The summed E-state index contributed by atoms with van der Waals surface area (Å²) in [6, 6.07) is 0. The van der Waals surface area contributed by atoms with E-state index in [0.717, 1.165) is 32.3 Å². The molecule has 0 unspecified atom stereocenters. The van der Waals surface area contributed by atoms with Crippen LogP contribution in [0.25, 0.3) is 0 Å². The number of nitrogens with zero attached hydrogens (tertiary/aromatic N) is 1. The second kappa shape index (κ2) is 9.28. The fraction of sp³-hybridized carbons (Fsp3) is 0.917. The van der Waals surface area contributed by atoms with Crippen LogP contribution >= 0.6 is 0 Å². The lowest BCUT2D eigenvalue weighted by molar-refractivity contribution is -0.142. The third kappa shape index (κ3) is 9.86. The van der Waals surface area contributed by atoms with E-state index >= 15 is 0 Å². The van der Waals surface area contributed by atoms with E-state index in [1.54, 1.807) is 0 Å². The molecular formula is C12H25NO5S. The van der Waals surface area contributed by atoms with E-state index in [4.69, 9.17) is 5.11 Å². The predicted octanol–water partition coefficient (Wildman–Crippen LogP) is 1.18. The second-order valence-electron chi connectivity index (χ2n) is 4.52. The summed E-state index contributed by atoms with van der Waals surface area (Å²) in [4.78, 5) is 13.3. The molecule has 0 amide bonds. The van der Waals surface area contributed by atoms with Crippen molar-refractivity contribution in [2.45, 2.75) is 33.1 Å². The van der Waals surface area contributed by atoms with Crippen LogP contribution in [0.5, 0.6) is 0 Å². The molecule has 0 rings (SSSR count). The number of hydrogen-bond donors (Lipinski definition) is 1. The molecule has 0 saturated heterocycles. The molecule has 0 aromatic carbocycles. The number of carboxylic acids is 1. The maximum Gasteiger partial charge on any atom is 0.306 e. The van der Waals surface area contributed by atoms with E-state index in [9.17, 15) is 13.2 Å². The summed E-state index contributed by atoms with van der Waals surface area (Å²) in [5, 5.41) is 9.06. The quantitative estimate of drug-likeness (QED) is 0.576. The summed E-state index contributed by atoms with van der Waals surface area (Å²) in [7, 11) is -3.49. The summed E-state index contributed by atoms with van der Waals surface area (Å²) in [6.07, 6.45) is 2.51. The minimum absolute atomic E-state index is 0.0684. The first kappa shape index (κ1) is 18.3. The third-order valence-corrected chi connectivity index (χ3v) is 3.63. The monoisotopic (exact) mass is 295 g/mol. The van der Waals surface area contributed by atoms with E-state index in [1.165, 1.54) is 0 Å². The van der Waals surface area contributed by atoms with Gasteiger partial charge in [0.25, 0.3) is 10.1 Å². The maximum absolute atomic E-state index is 11.1. The van der Waals surface area contributed by atoms with Crippen LogP contribution in [0.2, 0.25) is 0 Å². The normalized spacial score (nSPS) is 13.7. The Morgan fingerprint density at radius 3 is 2.26 bits per heavy atom. The number of carboxylic acid groups (broad SMARTS) is 1. The molecule has 0 saturated carbocycles. The predicted molar refractivity (Wildman–Crippen MR) is 73.6 cm³/mol.